The van der Waals surface area contributed by atoms with Gasteiger partial charge in [-0.3, -0.25) is 0 Å². The summed E-state index contributed by atoms with van der Waals surface area (Å²) in [4.78, 5) is 9.30. The molecule has 7 heteroatoms. The minimum atomic E-state index is 0.500. The summed E-state index contributed by atoms with van der Waals surface area (Å²) in [6, 6.07) is 8.91. The normalized spacial score (nSPS) is 22.8. The van der Waals surface area contributed by atoms with E-state index in [1.807, 2.05) is 12.4 Å². The van der Waals surface area contributed by atoms with Crippen molar-refractivity contribution < 1.29 is 4.74 Å². The first-order valence-corrected chi connectivity index (χ1v) is 11.1. The Hall–Kier alpha value is -2.51. The molecule has 3 aromatic rings. The predicted molar refractivity (Wildman–Crippen MR) is 118 cm³/mol. The molecule has 2 aromatic heterocycles. The molecule has 7 nitrogen and oxygen atoms in total. The molecule has 0 aliphatic heterocycles. The molecule has 0 amide bonds. The van der Waals surface area contributed by atoms with Crippen LogP contribution in [0, 0.1) is 11.8 Å². The Morgan fingerprint density at radius 2 is 2.03 bits per heavy atom. The van der Waals surface area contributed by atoms with Crippen LogP contribution < -0.4 is 10.6 Å². The fourth-order valence-corrected chi connectivity index (χ4v) is 5.06. The number of fused-ring (bicyclic) bond motifs is 3. The number of aromatic nitrogens is 4. The maximum Gasteiger partial charge on any atom is 0.229 e. The second-order valence-electron chi connectivity index (χ2n) is 8.65. The van der Waals surface area contributed by atoms with Gasteiger partial charge < -0.3 is 15.4 Å². The lowest BCUT2D eigenvalue weighted by Crippen LogP contribution is -2.17. The Labute approximate surface area is 177 Å². The molecule has 1 aromatic carbocycles. The summed E-state index contributed by atoms with van der Waals surface area (Å²) in [7, 11) is 1.74. The number of nitrogens with one attached hydrogen (secondary N) is 2. The van der Waals surface area contributed by atoms with Gasteiger partial charge in [0.15, 0.2) is 5.65 Å². The number of methoxy groups -OCH3 is 1. The van der Waals surface area contributed by atoms with Gasteiger partial charge in [0.1, 0.15) is 0 Å². The zero-order chi connectivity index (χ0) is 20.3. The topological polar surface area (TPSA) is 76.9 Å². The predicted octanol–water partition coefficient (Wildman–Crippen LogP) is 4.06. The molecule has 2 saturated carbocycles. The fourth-order valence-electron chi connectivity index (χ4n) is 5.06. The number of anilines is 2. The first kappa shape index (κ1) is 19.5. The summed E-state index contributed by atoms with van der Waals surface area (Å²) in [6.45, 7) is 2.61. The summed E-state index contributed by atoms with van der Waals surface area (Å²) in [5, 5.41) is 12.5. The number of nitrogens with zero attached hydrogens (tertiary/aromatic N) is 4. The van der Waals surface area contributed by atoms with Crippen LogP contribution in [0.15, 0.2) is 36.7 Å². The number of hydrogen-bond donors (Lipinski definition) is 2. The van der Waals surface area contributed by atoms with Crippen LogP contribution in [0.1, 0.15) is 43.7 Å². The Balaban J connectivity index is 1.25. The molecule has 2 aliphatic carbocycles. The average Bonchev–Trinajstić information content (AvgIpc) is 3.50. The molecule has 0 saturated heterocycles. The maximum atomic E-state index is 5.07. The van der Waals surface area contributed by atoms with Crippen LogP contribution in [-0.2, 0) is 11.3 Å². The third-order valence-electron chi connectivity index (χ3n) is 6.59. The third-order valence-corrected chi connectivity index (χ3v) is 6.59. The van der Waals surface area contributed by atoms with Crippen molar-refractivity contribution in [3.63, 3.8) is 0 Å². The van der Waals surface area contributed by atoms with Crippen LogP contribution >= 0.6 is 0 Å². The highest BCUT2D eigenvalue weighted by molar-refractivity contribution is 5.75. The van der Waals surface area contributed by atoms with Gasteiger partial charge in [0.2, 0.25) is 5.95 Å². The molecule has 2 heterocycles. The van der Waals surface area contributed by atoms with Gasteiger partial charge in [-0.1, -0.05) is 18.6 Å². The van der Waals surface area contributed by atoms with Gasteiger partial charge in [-0.05, 0) is 61.8 Å². The number of benzene rings is 1. The SMILES string of the molecule is COCCCNCc1ccc(Nc2ncc3cnn([C@H]4C[C@@H]5CC[C@@H]4C5)c3n2)cc1. The standard InChI is InChI=1S/C23H30N6O/c1-30-10-2-9-24-13-16-4-7-20(8-5-16)27-23-25-14-19-15-26-29(22(19)28-23)21-12-17-3-6-18(21)11-17/h4-5,7-8,14-15,17-18,21,24H,2-3,6,9-13H2,1H3,(H,25,27,28)/t17-,18-,21+/m1/s1. The van der Waals surface area contributed by atoms with Crippen molar-refractivity contribution in [1.29, 1.82) is 0 Å². The van der Waals surface area contributed by atoms with Crippen LogP contribution in [-0.4, -0.2) is 40.0 Å². The second kappa shape index (κ2) is 8.70. The number of hydrogen-bond acceptors (Lipinski definition) is 6. The van der Waals surface area contributed by atoms with Crippen molar-refractivity contribution in [2.24, 2.45) is 11.8 Å². The van der Waals surface area contributed by atoms with E-state index in [4.69, 9.17) is 9.72 Å². The smallest absolute Gasteiger partial charge is 0.229 e. The van der Waals surface area contributed by atoms with Crippen LogP contribution in [0.25, 0.3) is 11.0 Å². The lowest BCUT2D eigenvalue weighted by Gasteiger charge is -2.22. The molecule has 2 fully saturated rings. The minimum Gasteiger partial charge on any atom is -0.385 e. The van der Waals surface area contributed by atoms with Crippen molar-refractivity contribution in [3.8, 4) is 0 Å². The van der Waals surface area contributed by atoms with Crippen LogP contribution in [0.4, 0.5) is 11.6 Å². The van der Waals surface area contributed by atoms with Crippen molar-refractivity contribution in [2.45, 2.75) is 44.7 Å². The van der Waals surface area contributed by atoms with Crippen LogP contribution in [0.3, 0.4) is 0 Å². The first-order chi connectivity index (χ1) is 14.8. The summed E-state index contributed by atoms with van der Waals surface area (Å²) < 4.78 is 7.23. The molecule has 2 N–H and O–H groups in total. The average molecular weight is 407 g/mol. The molecule has 0 spiro atoms. The van der Waals surface area contributed by atoms with E-state index in [2.05, 4.69) is 49.7 Å². The Morgan fingerprint density at radius 1 is 1.13 bits per heavy atom. The monoisotopic (exact) mass is 406 g/mol. The van der Waals surface area contributed by atoms with Crippen LogP contribution in [0.2, 0.25) is 0 Å². The first-order valence-electron chi connectivity index (χ1n) is 11.1. The Morgan fingerprint density at radius 3 is 2.80 bits per heavy atom. The molecule has 2 bridgehead atoms. The lowest BCUT2D eigenvalue weighted by atomic mass is 9.95. The third kappa shape index (κ3) is 4.04. The lowest BCUT2D eigenvalue weighted by molar-refractivity contribution is 0.194. The molecular weight excluding hydrogens is 376 g/mol. The van der Waals surface area contributed by atoms with Gasteiger partial charge in [0.05, 0.1) is 17.6 Å². The Kier molecular flexibility index (Phi) is 5.64. The van der Waals surface area contributed by atoms with Gasteiger partial charge in [-0.25, -0.2) is 9.67 Å². The molecular formula is C23H30N6O. The summed E-state index contributed by atoms with van der Waals surface area (Å²) in [5.74, 6) is 2.27. The number of rotatable bonds is 9. The molecule has 0 unspecified atom stereocenters. The van der Waals surface area contributed by atoms with Crippen molar-refractivity contribution in [3.05, 3.63) is 42.2 Å². The zero-order valence-corrected chi connectivity index (χ0v) is 17.6. The van der Waals surface area contributed by atoms with Gasteiger partial charge >= 0.3 is 0 Å². The molecule has 30 heavy (non-hydrogen) atoms. The quantitative estimate of drug-likeness (QED) is 0.522. The maximum absolute atomic E-state index is 5.07. The van der Waals surface area contributed by atoms with E-state index in [9.17, 15) is 0 Å². The van der Waals surface area contributed by atoms with Gasteiger partial charge in [-0.15, -0.1) is 0 Å². The summed E-state index contributed by atoms with van der Waals surface area (Å²) >= 11 is 0. The minimum absolute atomic E-state index is 0.500. The fraction of sp³-hybridized carbons (Fsp3) is 0.522. The number of ether oxygens (including phenoxy) is 1. The molecule has 3 atom stereocenters. The summed E-state index contributed by atoms with van der Waals surface area (Å²) in [6.07, 6.45) is 10.1. The highest BCUT2D eigenvalue weighted by Crippen LogP contribution is 2.50. The van der Waals surface area contributed by atoms with E-state index >= 15 is 0 Å². The summed E-state index contributed by atoms with van der Waals surface area (Å²) in [5.41, 5.74) is 3.19. The van der Waals surface area contributed by atoms with E-state index in [-0.39, 0.29) is 0 Å². The van der Waals surface area contributed by atoms with Gasteiger partial charge in [0, 0.05) is 32.1 Å². The van der Waals surface area contributed by atoms with Crippen molar-refractivity contribution in [1.82, 2.24) is 25.1 Å². The van der Waals surface area contributed by atoms with Crippen molar-refractivity contribution in [2.75, 3.05) is 25.6 Å². The second-order valence-corrected chi connectivity index (χ2v) is 8.65. The molecule has 5 rings (SSSR count). The van der Waals surface area contributed by atoms with Gasteiger partial charge in [0.25, 0.3) is 0 Å². The van der Waals surface area contributed by atoms with Gasteiger partial charge in [-0.2, -0.15) is 10.1 Å². The Bertz CT molecular complexity index is 985. The van der Waals surface area contributed by atoms with Crippen molar-refractivity contribution >= 4 is 22.7 Å². The van der Waals surface area contributed by atoms with E-state index in [0.717, 1.165) is 54.7 Å². The highest BCUT2D eigenvalue weighted by atomic mass is 16.5. The molecule has 158 valence electrons. The molecule has 0 radical (unpaired) electrons. The van der Waals surface area contributed by atoms with E-state index in [1.54, 1.807) is 7.11 Å². The van der Waals surface area contributed by atoms with E-state index in [0.29, 0.717) is 12.0 Å². The van der Waals surface area contributed by atoms with E-state index < -0.39 is 0 Å². The van der Waals surface area contributed by atoms with Crippen LogP contribution in [0.5, 0.6) is 0 Å². The molecule has 2 aliphatic rings. The van der Waals surface area contributed by atoms with E-state index in [1.165, 1.54) is 31.2 Å². The largest absolute Gasteiger partial charge is 0.385 e. The zero-order valence-electron chi connectivity index (χ0n) is 17.6. The highest BCUT2D eigenvalue weighted by Gasteiger charge is 2.41.